The fourth-order valence-electron chi connectivity index (χ4n) is 2.82. The molecule has 0 aliphatic carbocycles. The molecule has 178 valence electrons. The number of ether oxygens (including phenoxy) is 1. The van der Waals surface area contributed by atoms with E-state index in [1.165, 1.54) is 16.2 Å². The van der Waals surface area contributed by atoms with Crippen LogP contribution in [-0.4, -0.2) is 70.6 Å². The van der Waals surface area contributed by atoms with Gasteiger partial charge in [0, 0.05) is 13.1 Å². The molecule has 1 aromatic rings. The monoisotopic (exact) mass is 448 g/mol. The Labute approximate surface area is 191 Å². The van der Waals surface area contributed by atoms with Crippen molar-refractivity contribution in [3.8, 4) is 0 Å². The van der Waals surface area contributed by atoms with E-state index < -0.39 is 18.8 Å². The summed E-state index contributed by atoms with van der Waals surface area (Å²) in [6.45, 7) is 13.9. The van der Waals surface area contributed by atoms with E-state index in [4.69, 9.17) is 4.74 Å². The number of hydrazone groups is 1. The average molecular weight is 448 g/mol. The van der Waals surface area contributed by atoms with Crippen molar-refractivity contribution in [2.45, 2.75) is 54.1 Å². The summed E-state index contributed by atoms with van der Waals surface area (Å²) in [5.41, 5.74) is 2.78. The fraction of sp³-hybridized carbons (Fsp3) is 0.591. The zero-order valence-electron chi connectivity index (χ0n) is 20.2. The molecule has 0 heterocycles. The normalized spacial score (nSPS) is 12.0. The van der Waals surface area contributed by atoms with Gasteiger partial charge in [-0.05, 0) is 43.6 Å². The molecule has 0 aromatic heterocycles. The van der Waals surface area contributed by atoms with Crippen LogP contribution in [0.25, 0.3) is 0 Å². The third-order valence-electron chi connectivity index (χ3n) is 4.00. The second kappa shape index (κ2) is 12.6. The highest BCUT2D eigenvalue weighted by atomic mass is 16.6. The number of hydrogen-bond donors (Lipinski definition) is 3. The second-order valence-corrected chi connectivity index (χ2v) is 9.50. The molecule has 2 amide bonds. The van der Waals surface area contributed by atoms with Gasteiger partial charge in [0.2, 0.25) is 0 Å². The molecule has 0 saturated carbocycles. The van der Waals surface area contributed by atoms with Crippen LogP contribution in [0.5, 0.6) is 0 Å². The Morgan fingerprint density at radius 1 is 1.12 bits per heavy atom. The Morgan fingerprint density at radius 3 is 2.25 bits per heavy atom. The molecule has 0 aliphatic heterocycles. The minimum absolute atomic E-state index is 0.0915. The molecule has 1 rings (SSSR count). The molecule has 0 fully saturated rings. The van der Waals surface area contributed by atoms with E-state index >= 15 is 0 Å². The summed E-state index contributed by atoms with van der Waals surface area (Å²) in [6, 6.07) is 6.70. The molecule has 0 bridgehead atoms. The van der Waals surface area contributed by atoms with Crippen molar-refractivity contribution in [1.29, 1.82) is 0 Å². The summed E-state index contributed by atoms with van der Waals surface area (Å²) < 4.78 is 5.30. The number of nitrogens with zero attached hydrogens (tertiary/aromatic N) is 3. The van der Waals surface area contributed by atoms with Gasteiger partial charge in [0.05, 0.1) is 12.8 Å². The maximum absolute atomic E-state index is 13.1. The molecular formula is C22H37BN4O5. The molecule has 0 atom stereocenters. The van der Waals surface area contributed by atoms with Crippen LogP contribution in [0.1, 0.15) is 54.0 Å². The molecule has 9 nitrogen and oxygen atoms in total. The molecular weight excluding hydrogens is 411 g/mol. The van der Waals surface area contributed by atoms with Crippen molar-refractivity contribution in [2.24, 2.45) is 16.9 Å². The molecule has 0 saturated heterocycles. The van der Waals surface area contributed by atoms with Gasteiger partial charge in [-0.1, -0.05) is 52.0 Å². The van der Waals surface area contributed by atoms with Crippen LogP contribution >= 0.6 is 0 Å². The van der Waals surface area contributed by atoms with Gasteiger partial charge in [0.15, 0.2) is 0 Å². The van der Waals surface area contributed by atoms with Crippen LogP contribution in [0.3, 0.4) is 0 Å². The molecule has 0 unspecified atom stereocenters. The maximum atomic E-state index is 13.1. The summed E-state index contributed by atoms with van der Waals surface area (Å²) in [5, 5.41) is 26.3. The van der Waals surface area contributed by atoms with Crippen LogP contribution in [0.2, 0.25) is 0 Å². The first-order valence-electron chi connectivity index (χ1n) is 10.8. The smallest absolute Gasteiger partial charge is 0.443 e. The highest BCUT2D eigenvalue weighted by Gasteiger charge is 2.23. The SMILES string of the molecule is CC(C)CN(CC(=O)N(CC(C)C)N=Cc1ccccc1B(O)O)NC(=O)OC(C)(C)C. The predicted molar refractivity (Wildman–Crippen MR) is 126 cm³/mol. The minimum Gasteiger partial charge on any atom is -0.443 e. The van der Waals surface area contributed by atoms with Crippen molar-refractivity contribution in [3.63, 3.8) is 0 Å². The van der Waals surface area contributed by atoms with E-state index in [0.717, 1.165) is 0 Å². The van der Waals surface area contributed by atoms with E-state index in [1.54, 1.807) is 45.0 Å². The topological polar surface area (TPSA) is 115 Å². The Balaban J connectivity index is 3.02. The Bertz CT molecular complexity index is 778. The van der Waals surface area contributed by atoms with Crippen LogP contribution in [-0.2, 0) is 9.53 Å². The van der Waals surface area contributed by atoms with Gasteiger partial charge in [-0.15, -0.1) is 0 Å². The second-order valence-electron chi connectivity index (χ2n) is 9.50. The quantitative estimate of drug-likeness (QED) is 0.285. The minimum atomic E-state index is -1.65. The third-order valence-corrected chi connectivity index (χ3v) is 4.00. The van der Waals surface area contributed by atoms with E-state index in [9.17, 15) is 19.6 Å². The first-order valence-corrected chi connectivity index (χ1v) is 10.8. The summed E-state index contributed by atoms with van der Waals surface area (Å²) >= 11 is 0. The van der Waals surface area contributed by atoms with Crippen LogP contribution in [0, 0.1) is 11.8 Å². The number of carbonyl (C=O) groups is 2. The number of rotatable bonds is 10. The fourth-order valence-corrected chi connectivity index (χ4v) is 2.82. The first kappa shape index (κ1) is 27.6. The third kappa shape index (κ3) is 10.7. The number of hydrogen-bond acceptors (Lipinski definition) is 7. The standard InChI is InChI=1S/C22H37BN4O5/c1-16(2)13-26(25-21(29)32-22(5,6)7)15-20(28)27(14-17(3)4)24-12-18-10-8-9-11-19(18)23(30)31/h8-12,16-17,30-31H,13-15H2,1-7H3,(H,25,29). The van der Waals surface area contributed by atoms with Gasteiger partial charge in [-0.3, -0.25) is 10.2 Å². The van der Waals surface area contributed by atoms with E-state index in [-0.39, 0.29) is 24.3 Å². The summed E-state index contributed by atoms with van der Waals surface area (Å²) in [6.07, 6.45) is 0.805. The van der Waals surface area contributed by atoms with Gasteiger partial charge in [0.25, 0.3) is 5.91 Å². The van der Waals surface area contributed by atoms with Gasteiger partial charge in [-0.2, -0.15) is 5.10 Å². The van der Waals surface area contributed by atoms with Crippen LogP contribution < -0.4 is 10.9 Å². The largest absolute Gasteiger partial charge is 0.489 e. The lowest BCUT2D eigenvalue weighted by Gasteiger charge is -2.28. The lowest BCUT2D eigenvalue weighted by molar-refractivity contribution is -0.133. The van der Waals surface area contributed by atoms with E-state index in [2.05, 4.69) is 10.5 Å². The lowest BCUT2D eigenvalue weighted by atomic mass is 9.77. The molecule has 10 heteroatoms. The molecule has 32 heavy (non-hydrogen) atoms. The zero-order valence-corrected chi connectivity index (χ0v) is 20.2. The van der Waals surface area contributed by atoms with Crippen molar-refractivity contribution < 1.29 is 24.4 Å². The molecule has 0 spiro atoms. The number of carbonyl (C=O) groups excluding carboxylic acids is 2. The summed E-state index contributed by atoms with van der Waals surface area (Å²) in [5.74, 6) is 0.0264. The first-order chi connectivity index (χ1) is 14.8. The van der Waals surface area contributed by atoms with Gasteiger partial charge < -0.3 is 14.8 Å². The summed E-state index contributed by atoms with van der Waals surface area (Å²) in [7, 11) is -1.65. The van der Waals surface area contributed by atoms with Crippen molar-refractivity contribution in [2.75, 3.05) is 19.6 Å². The number of benzene rings is 1. The van der Waals surface area contributed by atoms with Crippen LogP contribution in [0.15, 0.2) is 29.4 Å². The Kier molecular flexibility index (Phi) is 10.8. The van der Waals surface area contributed by atoms with Gasteiger partial charge in [0.1, 0.15) is 5.60 Å². The molecule has 1 aromatic carbocycles. The number of hydrazine groups is 1. The number of amides is 2. The average Bonchev–Trinajstić information content (AvgIpc) is 2.62. The van der Waals surface area contributed by atoms with Crippen molar-refractivity contribution in [1.82, 2.24) is 15.4 Å². The highest BCUT2D eigenvalue weighted by Crippen LogP contribution is 2.08. The van der Waals surface area contributed by atoms with Crippen molar-refractivity contribution in [3.05, 3.63) is 29.8 Å². The molecule has 0 radical (unpaired) electrons. The number of nitrogens with one attached hydrogen (secondary N) is 1. The lowest BCUT2D eigenvalue weighted by Crippen LogP contribution is -2.50. The molecule has 0 aliphatic rings. The predicted octanol–water partition coefficient (Wildman–Crippen LogP) is 1.58. The summed E-state index contributed by atoms with van der Waals surface area (Å²) in [4.78, 5) is 25.3. The zero-order chi connectivity index (χ0) is 24.5. The van der Waals surface area contributed by atoms with Crippen LogP contribution in [0.4, 0.5) is 4.79 Å². The van der Waals surface area contributed by atoms with E-state index in [1.807, 2.05) is 27.7 Å². The Hall–Kier alpha value is -2.43. The highest BCUT2D eigenvalue weighted by molar-refractivity contribution is 6.60. The van der Waals surface area contributed by atoms with Gasteiger partial charge >= 0.3 is 13.2 Å². The Morgan fingerprint density at radius 2 is 1.72 bits per heavy atom. The van der Waals surface area contributed by atoms with E-state index in [0.29, 0.717) is 24.1 Å². The maximum Gasteiger partial charge on any atom is 0.489 e. The van der Waals surface area contributed by atoms with Gasteiger partial charge in [-0.25, -0.2) is 14.8 Å². The molecule has 3 N–H and O–H groups in total. The van der Waals surface area contributed by atoms with Crippen molar-refractivity contribution >= 4 is 30.8 Å².